The first-order valence-corrected chi connectivity index (χ1v) is 9.94. The van der Waals surface area contributed by atoms with Gasteiger partial charge in [0.05, 0.1) is 23.6 Å². The van der Waals surface area contributed by atoms with Gasteiger partial charge in [-0.3, -0.25) is 19.3 Å². The number of nitrogens with zero attached hydrogens (tertiary/aromatic N) is 2. The zero-order valence-electron chi connectivity index (χ0n) is 15.1. The number of halogens is 1. The van der Waals surface area contributed by atoms with Gasteiger partial charge in [-0.15, -0.1) is 0 Å². The summed E-state index contributed by atoms with van der Waals surface area (Å²) in [5.74, 6) is -1.68. The van der Waals surface area contributed by atoms with E-state index in [9.17, 15) is 14.4 Å². The summed E-state index contributed by atoms with van der Waals surface area (Å²) in [6.07, 6.45) is 1.77. The van der Waals surface area contributed by atoms with E-state index < -0.39 is 17.9 Å². The van der Waals surface area contributed by atoms with Gasteiger partial charge in [-0.25, -0.2) is 4.90 Å². The zero-order valence-corrected chi connectivity index (χ0v) is 15.9. The highest BCUT2D eigenvalue weighted by molar-refractivity contribution is 6.31. The van der Waals surface area contributed by atoms with Crippen molar-refractivity contribution in [1.82, 2.24) is 4.90 Å². The fourth-order valence-electron chi connectivity index (χ4n) is 5.16. The number of anilines is 1. The molecular weight excluding hydrogens is 376 g/mol. The second kappa shape index (κ2) is 6.54. The molecule has 3 heterocycles. The number of carbonyl (C=O) groups is 3. The molecule has 3 aliphatic rings. The van der Waals surface area contributed by atoms with Crippen LogP contribution in [0.3, 0.4) is 0 Å². The minimum atomic E-state index is -0.635. The van der Waals surface area contributed by atoms with Gasteiger partial charge in [-0.1, -0.05) is 48.0 Å². The van der Waals surface area contributed by atoms with Gasteiger partial charge in [-0.2, -0.15) is 0 Å². The molecule has 2 amide bonds. The molecule has 2 aromatic carbocycles. The first kappa shape index (κ1) is 17.6. The molecular formula is C22H19ClN2O3. The lowest BCUT2D eigenvalue weighted by Crippen LogP contribution is -2.46. The summed E-state index contributed by atoms with van der Waals surface area (Å²) >= 11 is 6.08. The van der Waals surface area contributed by atoms with Crippen molar-refractivity contribution < 1.29 is 14.4 Å². The Hall–Kier alpha value is -2.50. The van der Waals surface area contributed by atoms with Crippen molar-refractivity contribution in [2.75, 3.05) is 11.4 Å². The number of fused-ring (bicyclic) bond motifs is 3. The van der Waals surface area contributed by atoms with Gasteiger partial charge in [0, 0.05) is 16.6 Å². The van der Waals surface area contributed by atoms with Gasteiger partial charge in [0.2, 0.25) is 11.8 Å². The molecule has 0 unspecified atom stereocenters. The zero-order chi connectivity index (χ0) is 19.4. The highest BCUT2D eigenvalue weighted by Gasteiger charge is 2.64. The molecule has 3 fully saturated rings. The molecule has 0 radical (unpaired) electrons. The monoisotopic (exact) mass is 394 g/mol. The highest BCUT2D eigenvalue weighted by Crippen LogP contribution is 2.48. The fraction of sp³-hybridized carbons (Fsp3) is 0.318. The minimum absolute atomic E-state index is 0.0525. The smallest absolute Gasteiger partial charge is 0.239 e. The van der Waals surface area contributed by atoms with E-state index in [0.717, 1.165) is 19.4 Å². The lowest BCUT2D eigenvalue weighted by molar-refractivity contribution is -0.123. The molecule has 5 nitrogen and oxygen atoms in total. The summed E-state index contributed by atoms with van der Waals surface area (Å²) < 4.78 is 0. The Morgan fingerprint density at radius 3 is 2.46 bits per heavy atom. The van der Waals surface area contributed by atoms with Crippen molar-refractivity contribution in [3.63, 3.8) is 0 Å². The molecule has 0 bridgehead atoms. The third-order valence-corrected chi connectivity index (χ3v) is 6.48. The third-order valence-electron chi connectivity index (χ3n) is 6.25. The van der Waals surface area contributed by atoms with Crippen LogP contribution in [0.1, 0.15) is 23.2 Å². The molecule has 0 aliphatic carbocycles. The summed E-state index contributed by atoms with van der Waals surface area (Å²) in [6, 6.07) is 15.2. The molecule has 0 saturated carbocycles. The Morgan fingerprint density at radius 1 is 0.964 bits per heavy atom. The van der Waals surface area contributed by atoms with Crippen LogP contribution in [-0.4, -0.2) is 41.1 Å². The van der Waals surface area contributed by atoms with Gasteiger partial charge in [0.1, 0.15) is 0 Å². The Kier molecular flexibility index (Phi) is 4.11. The molecule has 142 valence electrons. The van der Waals surface area contributed by atoms with Gasteiger partial charge in [0.25, 0.3) is 0 Å². The number of Topliss-reactive ketones (excluding diaryl/α,β-unsaturated/α-hetero) is 1. The number of hydrogen-bond acceptors (Lipinski definition) is 4. The molecule has 5 rings (SSSR count). The maximum atomic E-state index is 13.4. The lowest BCUT2D eigenvalue weighted by atomic mass is 9.85. The van der Waals surface area contributed by atoms with E-state index in [-0.39, 0.29) is 23.6 Å². The quantitative estimate of drug-likeness (QED) is 0.592. The van der Waals surface area contributed by atoms with Gasteiger partial charge in [-0.05, 0) is 37.6 Å². The number of benzene rings is 2. The Balaban J connectivity index is 1.56. The SMILES string of the molecule is O=C(c1ccccc1)[C@@H]1[C@@H]2C(=O)N(c3cccc(Cl)c3)C(=O)[C@H]2[C@@H]2CCCN12. The number of hydrogen-bond donors (Lipinski definition) is 0. The third kappa shape index (κ3) is 2.46. The second-order valence-corrected chi connectivity index (χ2v) is 8.10. The van der Waals surface area contributed by atoms with E-state index in [1.807, 2.05) is 18.2 Å². The standard InChI is InChI=1S/C22H19ClN2O3/c23-14-8-4-9-15(12-14)25-21(27)17-16-10-5-11-24(16)19(18(17)22(25)28)20(26)13-6-2-1-3-7-13/h1-4,6-9,12,16-19H,5,10-11H2/t16-,17-,18+,19-/m0/s1. The van der Waals surface area contributed by atoms with E-state index in [2.05, 4.69) is 4.90 Å². The second-order valence-electron chi connectivity index (χ2n) is 7.67. The predicted molar refractivity (Wildman–Crippen MR) is 105 cm³/mol. The van der Waals surface area contributed by atoms with Crippen LogP contribution in [0.25, 0.3) is 0 Å². The molecule has 0 spiro atoms. The van der Waals surface area contributed by atoms with Gasteiger partial charge < -0.3 is 0 Å². The number of ketones is 1. The van der Waals surface area contributed by atoms with E-state index in [1.165, 1.54) is 4.90 Å². The van der Waals surface area contributed by atoms with E-state index >= 15 is 0 Å². The number of rotatable bonds is 3. The van der Waals surface area contributed by atoms with E-state index in [4.69, 9.17) is 11.6 Å². The van der Waals surface area contributed by atoms with Crippen LogP contribution in [0.5, 0.6) is 0 Å². The van der Waals surface area contributed by atoms with Crippen LogP contribution in [0, 0.1) is 11.8 Å². The van der Waals surface area contributed by atoms with Gasteiger partial charge in [0.15, 0.2) is 5.78 Å². The summed E-state index contributed by atoms with van der Waals surface area (Å²) in [5, 5.41) is 0.467. The van der Waals surface area contributed by atoms with Crippen molar-refractivity contribution in [2.24, 2.45) is 11.8 Å². The van der Waals surface area contributed by atoms with Gasteiger partial charge >= 0.3 is 0 Å². The first-order valence-electron chi connectivity index (χ1n) is 9.56. The van der Waals surface area contributed by atoms with Crippen molar-refractivity contribution in [3.05, 3.63) is 65.2 Å². The molecule has 4 atom stereocenters. The van der Waals surface area contributed by atoms with Crippen molar-refractivity contribution in [3.8, 4) is 0 Å². The van der Waals surface area contributed by atoms with Crippen molar-refractivity contribution >= 4 is 34.9 Å². The van der Waals surface area contributed by atoms with E-state index in [0.29, 0.717) is 16.3 Å². The summed E-state index contributed by atoms with van der Waals surface area (Å²) in [6.45, 7) is 0.749. The highest BCUT2D eigenvalue weighted by atomic mass is 35.5. The predicted octanol–water partition coefficient (Wildman–Crippen LogP) is 3.18. The summed E-state index contributed by atoms with van der Waals surface area (Å²) in [7, 11) is 0. The van der Waals surface area contributed by atoms with Crippen LogP contribution >= 0.6 is 11.6 Å². The Bertz CT molecular complexity index is 977. The summed E-state index contributed by atoms with van der Waals surface area (Å²) in [5.41, 5.74) is 1.06. The largest absolute Gasteiger partial charge is 0.292 e. The van der Waals surface area contributed by atoms with Crippen LogP contribution in [0.15, 0.2) is 54.6 Å². The fourth-order valence-corrected chi connectivity index (χ4v) is 5.34. The molecule has 3 saturated heterocycles. The van der Waals surface area contributed by atoms with Crippen LogP contribution in [0.2, 0.25) is 5.02 Å². The molecule has 3 aliphatic heterocycles. The number of imide groups is 1. The first-order chi connectivity index (χ1) is 13.6. The normalized spacial score (nSPS) is 29.2. The Morgan fingerprint density at radius 2 is 1.71 bits per heavy atom. The van der Waals surface area contributed by atoms with Crippen LogP contribution in [-0.2, 0) is 9.59 Å². The molecule has 2 aromatic rings. The maximum absolute atomic E-state index is 13.4. The van der Waals surface area contributed by atoms with Crippen LogP contribution in [0.4, 0.5) is 5.69 Å². The molecule has 0 aromatic heterocycles. The average molecular weight is 395 g/mol. The van der Waals surface area contributed by atoms with Crippen molar-refractivity contribution in [1.29, 1.82) is 0 Å². The number of carbonyl (C=O) groups excluding carboxylic acids is 3. The Labute approximate surface area is 167 Å². The molecule has 6 heteroatoms. The lowest BCUT2D eigenvalue weighted by Gasteiger charge is -2.27. The average Bonchev–Trinajstić information content (AvgIpc) is 3.34. The molecule has 0 N–H and O–H groups in total. The summed E-state index contributed by atoms with van der Waals surface area (Å²) in [4.78, 5) is 43.3. The topological polar surface area (TPSA) is 57.7 Å². The van der Waals surface area contributed by atoms with E-state index in [1.54, 1.807) is 36.4 Å². The molecule has 28 heavy (non-hydrogen) atoms. The van der Waals surface area contributed by atoms with Crippen molar-refractivity contribution in [2.45, 2.75) is 24.9 Å². The van der Waals surface area contributed by atoms with Crippen LogP contribution < -0.4 is 4.90 Å². The maximum Gasteiger partial charge on any atom is 0.239 e. The number of amides is 2. The minimum Gasteiger partial charge on any atom is -0.292 e.